The Morgan fingerprint density at radius 2 is 1.44 bits per heavy atom. The smallest absolute Gasteiger partial charge is 0.368 e. The van der Waals surface area contributed by atoms with Crippen LogP contribution in [-0.4, -0.2) is 24.9 Å². The minimum absolute atomic E-state index is 0.00793. The molecular weight excluding hydrogens is 526 g/mol. The molecule has 5 aromatic heterocycles. The lowest BCUT2D eigenvalue weighted by Gasteiger charge is -2.00. The first-order valence-corrected chi connectivity index (χ1v) is 11.0. The van der Waals surface area contributed by atoms with Crippen LogP contribution in [0.15, 0.2) is 42.9 Å². The Morgan fingerprint density at radius 1 is 0.824 bits per heavy atom. The van der Waals surface area contributed by atoms with Gasteiger partial charge in [-0.1, -0.05) is 11.6 Å². The maximum Gasteiger partial charge on any atom is 0.425 e. The van der Waals surface area contributed by atoms with Gasteiger partial charge in [0.1, 0.15) is 24.6 Å². The number of thiophene rings is 2. The summed E-state index contributed by atoms with van der Waals surface area (Å²) >= 11 is 7.06. The van der Waals surface area contributed by atoms with Crippen LogP contribution in [0.5, 0.6) is 0 Å². The highest BCUT2D eigenvalue weighted by molar-refractivity contribution is 7.19. The van der Waals surface area contributed by atoms with E-state index in [9.17, 15) is 26.3 Å². The van der Waals surface area contributed by atoms with E-state index in [2.05, 4.69) is 24.9 Å². The summed E-state index contributed by atoms with van der Waals surface area (Å²) in [5.41, 5.74) is 5.89. The van der Waals surface area contributed by atoms with Gasteiger partial charge in [-0.25, -0.2) is 19.9 Å². The topological polar surface area (TPSA) is 90.5 Å². The van der Waals surface area contributed by atoms with Crippen molar-refractivity contribution in [1.29, 1.82) is 0 Å². The van der Waals surface area contributed by atoms with Gasteiger partial charge in [-0.2, -0.15) is 26.3 Å². The fraction of sp³-hybridized carbons (Fsp3) is 0.105. The number of anilines is 1. The Balaban J connectivity index is 0.000000172. The summed E-state index contributed by atoms with van der Waals surface area (Å²) < 4.78 is 74.8. The maximum absolute atomic E-state index is 12.7. The predicted octanol–water partition coefficient (Wildman–Crippen LogP) is 6.72. The van der Waals surface area contributed by atoms with Gasteiger partial charge in [-0.15, -0.1) is 22.7 Å². The number of hydrogen-bond donors (Lipinski definition) is 1. The van der Waals surface area contributed by atoms with Crippen molar-refractivity contribution in [3.8, 4) is 11.4 Å². The van der Waals surface area contributed by atoms with Crippen molar-refractivity contribution in [2.75, 3.05) is 5.73 Å². The van der Waals surface area contributed by atoms with Gasteiger partial charge in [-0.3, -0.25) is 4.98 Å². The Morgan fingerprint density at radius 3 is 2.09 bits per heavy atom. The largest absolute Gasteiger partial charge is 0.425 e. The van der Waals surface area contributed by atoms with Gasteiger partial charge in [0, 0.05) is 34.9 Å². The van der Waals surface area contributed by atoms with Crippen molar-refractivity contribution in [2.24, 2.45) is 0 Å². The van der Waals surface area contributed by atoms with Crippen molar-refractivity contribution < 1.29 is 26.3 Å². The van der Waals surface area contributed by atoms with E-state index >= 15 is 0 Å². The van der Waals surface area contributed by atoms with Crippen LogP contribution in [0, 0.1) is 0 Å². The predicted molar refractivity (Wildman–Crippen MR) is 117 cm³/mol. The molecule has 15 heteroatoms. The number of pyridine rings is 1. The normalized spacial score (nSPS) is 12.1. The van der Waals surface area contributed by atoms with Crippen molar-refractivity contribution in [1.82, 2.24) is 24.9 Å². The Hall–Kier alpha value is -3.10. The fourth-order valence-electron chi connectivity index (χ4n) is 2.64. The van der Waals surface area contributed by atoms with E-state index in [1.54, 1.807) is 24.5 Å². The molecule has 0 radical (unpaired) electrons. The summed E-state index contributed by atoms with van der Waals surface area (Å²) in [6, 6.07) is 5.31. The van der Waals surface area contributed by atoms with Gasteiger partial charge in [0.25, 0.3) is 0 Å². The third-order valence-corrected chi connectivity index (χ3v) is 6.59. The quantitative estimate of drug-likeness (QED) is 0.190. The first-order valence-electron chi connectivity index (χ1n) is 8.96. The van der Waals surface area contributed by atoms with Gasteiger partial charge in [-0.05, 0) is 24.3 Å². The van der Waals surface area contributed by atoms with E-state index in [-0.39, 0.29) is 32.0 Å². The van der Waals surface area contributed by atoms with Crippen LogP contribution in [0.4, 0.5) is 32.3 Å². The summed E-state index contributed by atoms with van der Waals surface area (Å²) in [7, 11) is 0. The monoisotopic (exact) mass is 534 g/mol. The van der Waals surface area contributed by atoms with Crippen molar-refractivity contribution in [3.63, 3.8) is 0 Å². The Bertz CT molecular complexity index is 1470. The molecule has 0 unspecified atom stereocenters. The van der Waals surface area contributed by atoms with Gasteiger partial charge < -0.3 is 5.73 Å². The lowest BCUT2D eigenvalue weighted by Crippen LogP contribution is -2.00. The molecule has 0 aliphatic heterocycles. The second kappa shape index (κ2) is 8.92. The van der Waals surface area contributed by atoms with Gasteiger partial charge in [0.15, 0.2) is 5.82 Å². The van der Waals surface area contributed by atoms with E-state index < -0.39 is 22.1 Å². The summed E-state index contributed by atoms with van der Waals surface area (Å²) in [4.78, 5) is 18.4. The Kier molecular flexibility index (Phi) is 6.31. The number of rotatable bonds is 1. The van der Waals surface area contributed by atoms with Crippen molar-refractivity contribution in [3.05, 3.63) is 57.8 Å². The van der Waals surface area contributed by atoms with Crippen molar-refractivity contribution >= 4 is 60.7 Å². The van der Waals surface area contributed by atoms with Crippen LogP contribution in [0.2, 0.25) is 5.15 Å². The molecule has 5 heterocycles. The first-order chi connectivity index (χ1) is 15.9. The van der Waals surface area contributed by atoms with Crippen molar-refractivity contribution in [2.45, 2.75) is 12.4 Å². The summed E-state index contributed by atoms with van der Waals surface area (Å²) in [5, 5.41) is 0.576. The number of aromatic nitrogens is 5. The molecule has 0 bridgehead atoms. The molecule has 0 saturated heterocycles. The molecule has 0 aliphatic carbocycles. The Labute approximate surface area is 199 Å². The number of nitrogen functional groups attached to an aromatic ring is 1. The van der Waals surface area contributed by atoms with E-state index in [0.29, 0.717) is 33.6 Å². The molecule has 0 atom stereocenters. The van der Waals surface area contributed by atoms with E-state index in [0.717, 1.165) is 12.1 Å². The number of nitrogens with zero attached hydrogens (tertiary/aromatic N) is 5. The zero-order chi connectivity index (χ0) is 24.7. The SMILES string of the molecule is FC(F)(F)c1cc2c(Cl)nc(-c3ccncc3)nc2s1.Nc1ncc2cc(C(F)(F)F)sc2n1. The van der Waals surface area contributed by atoms with E-state index in [1.165, 1.54) is 6.20 Å². The highest BCUT2D eigenvalue weighted by Crippen LogP contribution is 2.40. The molecule has 0 aliphatic rings. The second-order valence-electron chi connectivity index (χ2n) is 6.50. The third kappa shape index (κ3) is 5.18. The number of fused-ring (bicyclic) bond motifs is 2. The van der Waals surface area contributed by atoms with Gasteiger partial charge in [0.05, 0.1) is 0 Å². The molecule has 2 N–H and O–H groups in total. The van der Waals surface area contributed by atoms with E-state index in [4.69, 9.17) is 17.3 Å². The molecule has 5 rings (SSSR count). The molecule has 0 amide bonds. The molecule has 34 heavy (non-hydrogen) atoms. The molecular formula is C19H9ClF6N6S2. The standard InChI is InChI=1S/C12H5ClF3N3S.C7H4F3N3S/c13-9-7-5-8(12(14,15)16)20-11(7)19-10(18-9)6-1-3-17-4-2-6;8-7(9,10)4-1-3-2-12-6(11)13-5(3)14-4/h1-5H;1-2H,(H2,11,12,13). The third-order valence-electron chi connectivity index (χ3n) is 4.14. The number of nitrogens with two attached hydrogens (primary N) is 1. The minimum Gasteiger partial charge on any atom is -0.368 e. The molecule has 5 aromatic rings. The summed E-state index contributed by atoms with van der Waals surface area (Å²) in [5.74, 6) is 0.258. The van der Waals surface area contributed by atoms with Crippen LogP contribution >= 0.6 is 34.3 Å². The highest BCUT2D eigenvalue weighted by atomic mass is 35.5. The lowest BCUT2D eigenvalue weighted by atomic mass is 10.2. The van der Waals surface area contributed by atoms with Crippen LogP contribution < -0.4 is 5.73 Å². The average molecular weight is 535 g/mol. The second-order valence-corrected chi connectivity index (χ2v) is 8.92. The molecule has 0 aromatic carbocycles. The molecule has 6 nitrogen and oxygen atoms in total. The number of hydrogen-bond acceptors (Lipinski definition) is 8. The maximum atomic E-state index is 12.7. The van der Waals surface area contributed by atoms with Crippen LogP contribution in [0.25, 0.3) is 31.8 Å². The number of halogens is 7. The van der Waals surface area contributed by atoms with Gasteiger partial charge >= 0.3 is 12.4 Å². The highest BCUT2D eigenvalue weighted by Gasteiger charge is 2.34. The summed E-state index contributed by atoms with van der Waals surface area (Å²) in [6.45, 7) is 0. The number of alkyl halides is 6. The minimum atomic E-state index is -4.41. The van der Waals surface area contributed by atoms with Crippen LogP contribution in [-0.2, 0) is 12.4 Å². The van der Waals surface area contributed by atoms with Gasteiger partial charge in [0.2, 0.25) is 5.95 Å². The zero-order valence-corrected chi connectivity index (χ0v) is 18.7. The van der Waals surface area contributed by atoms with Crippen LogP contribution in [0.3, 0.4) is 0 Å². The first kappa shape index (κ1) is 24.0. The molecule has 0 saturated carbocycles. The molecule has 176 valence electrons. The average Bonchev–Trinajstić information content (AvgIpc) is 3.39. The summed E-state index contributed by atoms with van der Waals surface area (Å²) in [6.07, 6.45) is -4.37. The zero-order valence-electron chi connectivity index (χ0n) is 16.3. The molecule has 0 spiro atoms. The van der Waals surface area contributed by atoms with Crippen LogP contribution in [0.1, 0.15) is 9.75 Å². The van der Waals surface area contributed by atoms with E-state index in [1.807, 2.05) is 0 Å². The lowest BCUT2D eigenvalue weighted by molar-refractivity contribution is -0.135. The fourth-order valence-corrected chi connectivity index (χ4v) is 4.70. The molecule has 0 fully saturated rings.